The average molecular weight is 528 g/mol. The first-order chi connectivity index (χ1) is 18.0. The van der Waals surface area contributed by atoms with Crippen LogP contribution in [0.4, 0.5) is 17.4 Å². The molecule has 38 heavy (non-hydrogen) atoms. The summed E-state index contributed by atoms with van der Waals surface area (Å²) < 4.78 is 62.5. The zero-order chi connectivity index (χ0) is 27.2. The van der Waals surface area contributed by atoms with E-state index in [1.54, 1.807) is 38.1 Å². The zero-order valence-electron chi connectivity index (χ0n) is 20.7. The largest absolute Gasteiger partial charge is 0.737 e. The van der Waals surface area contributed by atoms with E-state index >= 15 is 8.63 Å². The third-order valence-corrected chi connectivity index (χ3v) is 6.92. The van der Waals surface area contributed by atoms with Crippen molar-refractivity contribution in [3.63, 3.8) is 0 Å². The van der Waals surface area contributed by atoms with E-state index in [-0.39, 0.29) is 30.7 Å². The number of carbonyl (C=O) groups is 1. The molecule has 2 N–H and O–H groups in total. The van der Waals surface area contributed by atoms with Crippen LogP contribution >= 0.6 is 0 Å². The molecule has 1 amide bonds. The molecule has 0 aliphatic carbocycles. The smallest absolute Gasteiger partial charge is 0.394 e. The molecule has 0 saturated heterocycles. The van der Waals surface area contributed by atoms with Crippen LogP contribution in [0.5, 0.6) is 0 Å². The number of hydrogen-bond acceptors (Lipinski definition) is 4. The van der Waals surface area contributed by atoms with Gasteiger partial charge in [0.15, 0.2) is 5.70 Å². The fraction of sp³-hybridized carbons (Fsp3) is 0.280. The number of aliphatic hydroxyl groups is 1. The Labute approximate surface area is 215 Å². The first kappa shape index (κ1) is 25.6. The minimum absolute atomic E-state index is 0.0120. The van der Waals surface area contributed by atoms with Gasteiger partial charge in [-0.2, -0.15) is 0 Å². The van der Waals surface area contributed by atoms with Crippen LogP contribution in [0.15, 0.2) is 54.5 Å². The number of carbonyl (C=O) groups excluding carboxylic acids is 1. The van der Waals surface area contributed by atoms with E-state index in [0.29, 0.717) is 23.2 Å². The number of allylic oxidation sites excluding steroid dienone is 2. The van der Waals surface area contributed by atoms with Gasteiger partial charge in [0.1, 0.15) is 22.9 Å². The summed E-state index contributed by atoms with van der Waals surface area (Å²) in [6.45, 7) is -1.44. The van der Waals surface area contributed by atoms with Gasteiger partial charge >= 0.3 is 6.97 Å². The zero-order valence-corrected chi connectivity index (χ0v) is 20.7. The molecule has 13 heteroatoms. The monoisotopic (exact) mass is 528 g/mol. The van der Waals surface area contributed by atoms with Crippen LogP contribution < -0.4 is 5.32 Å². The lowest BCUT2D eigenvalue weighted by Crippen LogP contribution is -2.50. The van der Waals surface area contributed by atoms with E-state index in [4.69, 9.17) is 0 Å². The highest BCUT2D eigenvalue weighted by Crippen LogP contribution is 2.34. The predicted octanol–water partition coefficient (Wildman–Crippen LogP) is 3.06. The van der Waals surface area contributed by atoms with Crippen molar-refractivity contribution >= 4 is 24.7 Å². The summed E-state index contributed by atoms with van der Waals surface area (Å²) in [4.78, 5) is 12.7. The number of benzene rings is 1. The van der Waals surface area contributed by atoms with Crippen LogP contribution in [-0.4, -0.2) is 54.2 Å². The Morgan fingerprint density at radius 2 is 2.00 bits per heavy atom. The predicted molar refractivity (Wildman–Crippen MR) is 132 cm³/mol. The lowest BCUT2D eigenvalue weighted by molar-refractivity contribution is -0.362. The van der Waals surface area contributed by atoms with Crippen LogP contribution in [0.2, 0.25) is 0 Å². The van der Waals surface area contributed by atoms with Gasteiger partial charge in [-0.25, -0.2) is 13.5 Å². The summed E-state index contributed by atoms with van der Waals surface area (Å²) in [7, 11) is 0. The van der Waals surface area contributed by atoms with Crippen molar-refractivity contribution < 1.29 is 31.8 Å². The highest BCUT2D eigenvalue weighted by molar-refractivity contribution is 6.58. The van der Waals surface area contributed by atoms with Gasteiger partial charge < -0.3 is 28.0 Å². The molecule has 0 saturated carbocycles. The third kappa shape index (κ3) is 4.47. The van der Waals surface area contributed by atoms with Gasteiger partial charge in [-0.05, 0) is 37.2 Å². The molecule has 3 aromatic rings. The molecule has 0 bridgehead atoms. The maximum atomic E-state index is 15.6. The van der Waals surface area contributed by atoms with Crippen molar-refractivity contribution in [2.75, 3.05) is 6.54 Å². The number of nitrogens with zero attached hydrogens (tertiary/aromatic N) is 5. The number of nitrogens with one attached hydrogen (secondary N) is 1. The Balaban J connectivity index is 1.32. The summed E-state index contributed by atoms with van der Waals surface area (Å²) >= 11 is 0. The minimum atomic E-state index is -4.15. The summed E-state index contributed by atoms with van der Waals surface area (Å²) in [5, 5.41) is 21.3. The summed E-state index contributed by atoms with van der Waals surface area (Å²) in [5.74, 6) is -2.34. The van der Waals surface area contributed by atoms with Crippen LogP contribution in [0, 0.1) is 25.5 Å². The Hall–Kier alpha value is -4.00. The Morgan fingerprint density at radius 1 is 1.21 bits per heavy atom. The number of hydrogen-bond donors (Lipinski definition) is 2. The number of aromatic nitrogens is 4. The van der Waals surface area contributed by atoms with E-state index in [1.165, 1.54) is 17.1 Å². The molecule has 1 atom stereocenters. The molecule has 1 unspecified atom stereocenters. The topological polar surface area (TPSA) is 88.0 Å². The standard InChI is InChI=1S/C25H25BF4N6O2/c1-16-11-17(2)35-23(16)13-20-5-4-19(36(20)26(35,29)30)6-8-24(37)31-14-25(38,15-34-10-9-32-33-34)21-7-3-18(27)12-22(21)28/h3-5,7,9-13,38H,6,8,14-15H2,1-2H3,(H,31,37). The van der Waals surface area contributed by atoms with Crippen molar-refractivity contribution in [3.05, 3.63) is 88.7 Å². The van der Waals surface area contributed by atoms with Crippen molar-refractivity contribution in [3.8, 4) is 0 Å². The fourth-order valence-corrected chi connectivity index (χ4v) is 5.16. The van der Waals surface area contributed by atoms with Gasteiger partial charge in [0.25, 0.3) is 0 Å². The molecule has 8 nitrogen and oxygen atoms in total. The van der Waals surface area contributed by atoms with Gasteiger partial charge in [0.2, 0.25) is 5.91 Å². The van der Waals surface area contributed by atoms with Crippen LogP contribution in [0.1, 0.15) is 35.4 Å². The maximum absolute atomic E-state index is 15.6. The van der Waals surface area contributed by atoms with Gasteiger partial charge in [-0.3, -0.25) is 4.79 Å². The summed E-state index contributed by atoms with van der Waals surface area (Å²) in [6.07, 6.45) is 7.54. The molecule has 4 heterocycles. The average Bonchev–Trinajstić information content (AvgIpc) is 3.56. The van der Waals surface area contributed by atoms with Crippen LogP contribution in [0.3, 0.4) is 0 Å². The second-order valence-corrected chi connectivity index (χ2v) is 9.61. The normalized spacial score (nSPS) is 17.2. The fourth-order valence-electron chi connectivity index (χ4n) is 5.16. The number of aryl methyl sites for hydroxylation is 2. The number of halogens is 4. The van der Waals surface area contributed by atoms with Crippen LogP contribution in [0.25, 0.3) is 6.08 Å². The van der Waals surface area contributed by atoms with Gasteiger partial charge in [0.05, 0.1) is 19.3 Å². The number of rotatable bonds is 8. The minimum Gasteiger partial charge on any atom is -0.394 e. The molecule has 2 aromatic heterocycles. The van der Waals surface area contributed by atoms with Crippen LogP contribution in [-0.2, 0) is 16.9 Å². The van der Waals surface area contributed by atoms with E-state index in [0.717, 1.165) is 26.7 Å². The molecular weight excluding hydrogens is 503 g/mol. The molecule has 198 valence electrons. The lowest BCUT2D eigenvalue weighted by atomic mass is 9.90. The Bertz CT molecular complexity index is 1510. The van der Waals surface area contributed by atoms with E-state index in [2.05, 4.69) is 15.6 Å². The van der Waals surface area contributed by atoms with Crippen molar-refractivity contribution in [2.24, 2.45) is 0 Å². The van der Waals surface area contributed by atoms with Gasteiger partial charge in [-0.15, -0.1) is 5.10 Å². The summed E-state index contributed by atoms with van der Waals surface area (Å²) in [5.41, 5.74) is 0.0856. The highest BCUT2D eigenvalue weighted by Gasteiger charge is 2.52. The Morgan fingerprint density at radius 3 is 2.71 bits per heavy atom. The lowest BCUT2D eigenvalue weighted by Gasteiger charge is -2.30. The van der Waals surface area contributed by atoms with E-state index in [9.17, 15) is 18.7 Å². The highest BCUT2D eigenvalue weighted by atomic mass is 19.2. The number of amides is 1. The molecule has 0 radical (unpaired) electrons. The molecule has 0 spiro atoms. The van der Waals surface area contributed by atoms with Gasteiger partial charge in [-0.1, -0.05) is 11.3 Å². The molecular formula is C25H25BF4N6O2. The summed E-state index contributed by atoms with van der Waals surface area (Å²) in [6, 6.07) is 4.45. The quantitative estimate of drug-likeness (QED) is 0.348. The second-order valence-electron chi connectivity index (χ2n) is 9.61. The SMILES string of the molecule is Cc1cc(C)n2c1C=C1C=CC(CCC(=O)NCC(O)(Cn3ccnn3)c3ccc(F)cc3F)=[N+]1[B-]2(F)F. The molecule has 0 fully saturated rings. The first-order valence-electron chi connectivity index (χ1n) is 12.0. The maximum Gasteiger partial charge on any atom is 0.737 e. The van der Waals surface area contributed by atoms with Gasteiger partial charge in [0, 0.05) is 54.6 Å². The second kappa shape index (κ2) is 9.39. The number of fused-ring (bicyclic) bond motifs is 2. The van der Waals surface area contributed by atoms with E-state index in [1.807, 2.05) is 0 Å². The van der Waals surface area contributed by atoms with E-state index < -0.39 is 36.7 Å². The Kier molecular flexibility index (Phi) is 6.34. The molecule has 2 aliphatic rings. The third-order valence-electron chi connectivity index (χ3n) is 6.92. The molecule has 5 rings (SSSR count). The van der Waals surface area contributed by atoms with Crippen molar-refractivity contribution in [2.45, 2.75) is 38.8 Å². The molecule has 1 aromatic carbocycles. The van der Waals surface area contributed by atoms with Crippen molar-refractivity contribution in [1.82, 2.24) is 24.8 Å². The molecule has 2 aliphatic heterocycles. The first-order valence-corrected chi connectivity index (χ1v) is 12.0. The van der Waals surface area contributed by atoms with Crippen molar-refractivity contribution in [1.29, 1.82) is 0 Å².